The molecule has 2 aromatic rings. The van der Waals surface area contributed by atoms with E-state index in [-0.39, 0.29) is 12.0 Å². The molecule has 0 bridgehead atoms. The van der Waals surface area contributed by atoms with Crippen LogP contribution in [0.2, 0.25) is 0 Å². The van der Waals surface area contributed by atoms with E-state index in [4.69, 9.17) is 13.9 Å². The molecule has 6 nitrogen and oxygen atoms in total. The highest BCUT2D eigenvalue weighted by atomic mass is 16.5. The molecule has 1 aliphatic heterocycles. The maximum Gasteiger partial charge on any atom is 0.339 e. The number of likely N-dealkylation sites (tertiary alicyclic amines) is 1. The number of hydrogen-bond acceptors (Lipinski definition) is 5. The summed E-state index contributed by atoms with van der Waals surface area (Å²) in [5.74, 6) is 1.98. The van der Waals surface area contributed by atoms with Crippen molar-refractivity contribution in [1.29, 1.82) is 0 Å². The Morgan fingerprint density at radius 3 is 2.59 bits per heavy atom. The average Bonchev–Trinajstić information content (AvgIpc) is 2.60. The van der Waals surface area contributed by atoms with Crippen LogP contribution in [0.25, 0.3) is 0 Å². The van der Waals surface area contributed by atoms with Gasteiger partial charge in [-0.1, -0.05) is 19.1 Å². The van der Waals surface area contributed by atoms with Crippen LogP contribution in [0.5, 0.6) is 11.5 Å². The zero-order valence-electron chi connectivity index (χ0n) is 15.8. The Balaban J connectivity index is 1.40. The number of nitrogens with zero attached hydrogens (tertiary/aromatic N) is 1. The Labute approximate surface area is 158 Å². The summed E-state index contributed by atoms with van der Waals surface area (Å²) in [6.07, 6.45) is 2.07. The molecule has 6 heteroatoms. The number of rotatable bonds is 8. The van der Waals surface area contributed by atoms with Crippen molar-refractivity contribution < 1.29 is 18.7 Å². The lowest BCUT2D eigenvalue weighted by Gasteiger charge is -2.39. The molecule has 1 aliphatic rings. The van der Waals surface area contributed by atoms with Crippen LogP contribution in [0.15, 0.2) is 45.6 Å². The summed E-state index contributed by atoms with van der Waals surface area (Å²) in [5.41, 5.74) is 0.690. The fourth-order valence-electron chi connectivity index (χ4n) is 2.93. The number of carbonyl (C=O) groups is 1. The lowest BCUT2D eigenvalue weighted by atomic mass is 10.1. The first kappa shape index (κ1) is 19.0. The van der Waals surface area contributed by atoms with E-state index in [1.54, 1.807) is 17.9 Å². The van der Waals surface area contributed by atoms with Crippen molar-refractivity contribution in [2.45, 2.75) is 39.2 Å². The molecule has 1 fully saturated rings. The smallest absolute Gasteiger partial charge is 0.339 e. The Morgan fingerprint density at radius 1 is 1.19 bits per heavy atom. The molecule has 0 atom stereocenters. The summed E-state index contributed by atoms with van der Waals surface area (Å²) < 4.78 is 16.2. The molecule has 27 heavy (non-hydrogen) atoms. The van der Waals surface area contributed by atoms with Crippen molar-refractivity contribution in [2.75, 3.05) is 19.7 Å². The largest absolute Gasteiger partial charge is 0.494 e. The third kappa shape index (κ3) is 5.36. The van der Waals surface area contributed by atoms with Gasteiger partial charge in [-0.25, -0.2) is 4.79 Å². The molecule has 0 aliphatic carbocycles. The van der Waals surface area contributed by atoms with E-state index in [2.05, 4.69) is 6.92 Å². The summed E-state index contributed by atoms with van der Waals surface area (Å²) in [4.78, 5) is 25.4. The van der Waals surface area contributed by atoms with Crippen LogP contribution in [-0.2, 0) is 11.2 Å². The second kappa shape index (κ2) is 8.75. The number of hydrogen-bond donors (Lipinski definition) is 0. The van der Waals surface area contributed by atoms with Gasteiger partial charge in [0.2, 0.25) is 5.91 Å². The third-order valence-electron chi connectivity index (χ3n) is 4.39. The average molecular weight is 371 g/mol. The van der Waals surface area contributed by atoms with E-state index in [9.17, 15) is 9.59 Å². The van der Waals surface area contributed by atoms with Crippen LogP contribution in [-0.4, -0.2) is 36.6 Å². The molecule has 0 unspecified atom stereocenters. The normalized spacial score (nSPS) is 13.9. The Bertz CT molecular complexity index is 821. The molecule has 1 saturated heterocycles. The molecule has 0 saturated carbocycles. The first-order valence-corrected chi connectivity index (χ1v) is 9.31. The monoisotopic (exact) mass is 371 g/mol. The van der Waals surface area contributed by atoms with Gasteiger partial charge in [0.15, 0.2) is 0 Å². The van der Waals surface area contributed by atoms with E-state index < -0.39 is 5.63 Å². The number of aryl methyl sites for hydroxylation is 2. The second-order valence-electron chi connectivity index (χ2n) is 6.75. The maximum atomic E-state index is 12.3. The van der Waals surface area contributed by atoms with Crippen LogP contribution in [0.4, 0.5) is 0 Å². The molecule has 2 heterocycles. The maximum absolute atomic E-state index is 12.3. The third-order valence-corrected chi connectivity index (χ3v) is 4.39. The first-order chi connectivity index (χ1) is 13.0. The second-order valence-corrected chi connectivity index (χ2v) is 6.75. The molecular weight excluding hydrogens is 346 g/mol. The molecule has 144 valence electrons. The summed E-state index contributed by atoms with van der Waals surface area (Å²) >= 11 is 0. The van der Waals surface area contributed by atoms with Gasteiger partial charge in [-0.15, -0.1) is 0 Å². The molecule has 0 N–H and O–H groups in total. The highest BCUT2D eigenvalue weighted by Crippen LogP contribution is 2.19. The molecule has 0 spiro atoms. The Kier molecular flexibility index (Phi) is 6.16. The van der Waals surface area contributed by atoms with Crippen LogP contribution >= 0.6 is 0 Å². The minimum Gasteiger partial charge on any atom is -0.494 e. The van der Waals surface area contributed by atoms with Gasteiger partial charge in [0.25, 0.3) is 0 Å². The Morgan fingerprint density at radius 2 is 1.93 bits per heavy atom. The molecule has 1 aromatic carbocycles. The van der Waals surface area contributed by atoms with Gasteiger partial charge < -0.3 is 18.8 Å². The lowest BCUT2D eigenvalue weighted by Crippen LogP contribution is -2.56. The van der Waals surface area contributed by atoms with E-state index in [0.717, 1.165) is 17.7 Å². The minimum absolute atomic E-state index is 0.0786. The predicted octanol–water partition coefficient (Wildman–Crippen LogP) is 2.96. The molecule has 3 rings (SSSR count). The van der Waals surface area contributed by atoms with Crippen molar-refractivity contribution in [3.8, 4) is 11.5 Å². The standard InChI is InChI=1S/C21H25NO5/c1-3-10-25-17-7-4-16(5-8-17)6-9-20(23)22-13-19(14-22)27-18-11-15(2)26-21(24)12-18/h4-5,7-8,11-12,19H,3,6,9-10,13-14H2,1-2H3. The van der Waals surface area contributed by atoms with E-state index in [1.165, 1.54) is 6.07 Å². The molecule has 0 radical (unpaired) electrons. The van der Waals surface area contributed by atoms with Gasteiger partial charge in [-0.3, -0.25) is 4.79 Å². The van der Waals surface area contributed by atoms with Crippen molar-refractivity contribution in [3.05, 3.63) is 58.1 Å². The van der Waals surface area contributed by atoms with Gasteiger partial charge in [0.05, 0.1) is 25.8 Å². The minimum atomic E-state index is -0.427. The van der Waals surface area contributed by atoms with E-state index >= 15 is 0 Å². The first-order valence-electron chi connectivity index (χ1n) is 9.31. The molecule has 1 amide bonds. The van der Waals surface area contributed by atoms with Gasteiger partial charge in [0.1, 0.15) is 23.4 Å². The topological polar surface area (TPSA) is 69.0 Å². The summed E-state index contributed by atoms with van der Waals surface area (Å²) in [6.45, 7) is 5.57. The zero-order valence-corrected chi connectivity index (χ0v) is 15.8. The van der Waals surface area contributed by atoms with Crippen LogP contribution in [0.3, 0.4) is 0 Å². The highest BCUT2D eigenvalue weighted by molar-refractivity contribution is 5.77. The van der Waals surface area contributed by atoms with E-state index in [1.807, 2.05) is 24.3 Å². The fourth-order valence-corrected chi connectivity index (χ4v) is 2.93. The van der Waals surface area contributed by atoms with Gasteiger partial charge in [-0.2, -0.15) is 0 Å². The van der Waals surface area contributed by atoms with Crippen molar-refractivity contribution >= 4 is 5.91 Å². The summed E-state index contributed by atoms with van der Waals surface area (Å²) in [6, 6.07) is 10.9. The number of ether oxygens (including phenoxy) is 2. The summed E-state index contributed by atoms with van der Waals surface area (Å²) in [5, 5.41) is 0. The zero-order chi connectivity index (χ0) is 19.2. The number of amides is 1. The SMILES string of the molecule is CCCOc1ccc(CCC(=O)N2CC(Oc3cc(C)oc(=O)c3)C2)cc1. The highest BCUT2D eigenvalue weighted by Gasteiger charge is 2.32. The van der Waals surface area contributed by atoms with Gasteiger partial charge in [0, 0.05) is 12.5 Å². The fraction of sp³-hybridized carbons (Fsp3) is 0.429. The van der Waals surface area contributed by atoms with Crippen LogP contribution in [0, 0.1) is 6.92 Å². The number of carbonyl (C=O) groups excluding carboxylic acids is 1. The lowest BCUT2D eigenvalue weighted by molar-refractivity contribution is -0.139. The molecular formula is C21H25NO5. The van der Waals surface area contributed by atoms with E-state index in [0.29, 0.717) is 44.0 Å². The number of benzene rings is 1. The predicted molar refractivity (Wildman–Crippen MR) is 101 cm³/mol. The van der Waals surface area contributed by atoms with Crippen molar-refractivity contribution in [1.82, 2.24) is 4.90 Å². The van der Waals surface area contributed by atoms with Crippen molar-refractivity contribution in [3.63, 3.8) is 0 Å². The quantitative estimate of drug-likeness (QED) is 0.714. The van der Waals surface area contributed by atoms with Gasteiger partial charge >= 0.3 is 5.63 Å². The Hall–Kier alpha value is -2.76. The summed E-state index contributed by atoms with van der Waals surface area (Å²) in [7, 11) is 0. The van der Waals surface area contributed by atoms with Gasteiger partial charge in [-0.05, 0) is 37.5 Å². The van der Waals surface area contributed by atoms with Crippen LogP contribution in [0.1, 0.15) is 31.1 Å². The van der Waals surface area contributed by atoms with Crippen molar-refractivity contribution in [2.24, 2.45) is 0 Å². The van der Waals surface area contributed by atoms with Crippen LogP contribution < -0.4 is 15.1 Å². The molecule has 1 aromatic heterocycles.